The average molecular weight is 230 g/mol. The van der Waals surface area contributed by atoms with Gasteiger partial charge in [0.1, 0.15) is 5.76 Å². The molecule has 0 amide bonds. The predicted molar refractivity (Wildman–Crippen MR) is 59.0 cm³/mol. The molecule has 1 aliphatic heterocycles. The molecule has 1 saturated heterocycles. The van der Waals surface area contributed by atoms with E-state index in [1.54, 1.807) is 6.07 Å². The zero-order valence-corrected chi connectivity index (χ0v) is 9.80. The molecule has 1 aliphatic rings. The Morgan fingerprint density at radius 2 is 2.40 bits per heavy atom. The van der Waals surface area contributed by atoms with Crippen LogP contribution >= 0.6 is 11.6 Å². The molecule has 0 saturated carbocycles. The lowest BCUT2D eigenvalue weighted by Crippen LogP contribution is -2.47. The second-order valence-electron chi connectivity index (χ2n) is 4.24. The fraction of sp³-hybridized carbons (Fsp3) is 0.636. The van der Waals surface area contributed by atoms with E-state index in [1.807, 2.05) is 6.07 Å². The number of hydrogen-bond acceptors (Lipinski definition) is 3. The lowest BCUT2D eigenvalue weighted by molar-refractivity contribution is 0.0874. The standard InChI is InChI=1S/C11H16ClNO2/c1-8-11(2,5-6-14-8)13-7-9-3-4-10(12)15-9/h3-4,8,13H,5-7H2,1-2H3. The van der Waals surface area contributed by atoms with E-state index in [4.69, 9.17) is 20.8 Å². The third-order valence-electron chi connectivity index (χ3n) is 3.18. The molecule has 4 heteroatoms. The monoisotopic (exact) mass is 229 g/mol. The van der Waals surface area contributed by atoms with Crippen LogP contribution in [0.2, 0.25) is 5.22 Å². The van der Waals surface area contributed by atoms with Gasteiger partial charge in [0, 0.05) is 12.1 Å². The highest BCUT2D eigenvalue weighted by molar-refractivity contribution is 6.28. The Morgan fingerprint density at radius 1 is 1.60 bits per heavy atom. The van der Waals surface area contributed by atoms with Crippen molar-refractivity contribution in [1.29, 1.82) is 0 Å². The molecule has 2 rings (SSSR count). The van der Waals surface area contributed by atoms with Gasteiger partial charge in [-0.05, 0) is 44.0 Å². The molecule has 2 atom stereocenters. The summed E-state index contributed by atoms with van der Waals surface area (Å²) in [5, 5.41) is 3.90. The largest absolute Gasteiger partial charge is 0.448 e. The summed E-state index contributed by atoms with van der Waals surface area (Å²) in [6.45, 7) is 5.78. The molecule has 84 valence electrons. The van der Waals surface area contributed by atoms with Crippen LogP contribution in [0.4, 0.5) is 0 Å². The van der Waals surface area contributed by atoms with Gasteiger partial charge in [-0.3, -0.25) is 0 Å². The molecule has 15 heavy (non-hydrogen) atoms. The maximum Gasteiger partial charge on any atom is 0.193 e. The molecular formula is C11H16ClNO2. The molecule has 1 N–H and O–H groups in total. The van der Waals surface area contributed by atoms with Crippen molar-refractivity contribution in [1.82, 2.24) is 5.32 Å². The lowest BCUT2D eigenvalue weighted by atomic mass is 9.95. The van der Waals surface area contributed by atoms with E-state index >= 15 is 0 Å². The molecular weight excluding hydrogens is 214 g/mol. The van der Waals surface area contributed by atoms with Gasteiger partial charge in [0.25, 0.3) is 0 Å². The first-order chi connectivity index (χ1) is 7.10. The third-order valence-corrected chi connectivity index (χ3v) is 3.38. The normalized spacial score (nSPS) is 31.0. The van der Waals surface area contributed by atoms with Crippen LogP contribution in [0.5, 0.6) is 0 Å². The van der Waals surface area contributed by atoms with Crippen LogP contribution in [0.3, 0.4) is 0 Å². The summed E-state index contributed by atoms with van der Waals surface area (Å²) < 4.78 is 10.8. The quantitative estimate of drug-likeness (QED) is 0.865. The number of ether oxygens (including phenoxy) is 1. The Hall–Kier alpha value is -0.510. The summed E-state index contributed by atoms with van der Waals surface area (Å²) in [7, 11) is 0. The lowest BCUT2D eigenvalue weighted by Gasteiger charge is -2.28. The summed E-state index contributed by atoms with van der Waals surface area (Å²) >= 11 is 5.70. The van der Waals surface area contributed by atoms with Crippen LogP contribution in [0, 0.1) is 0 Å². The van der Waals surface area contributed by atoms with Gasteiger partial charge in [0.15, 0.2) is 5.22 Å². The van der Waals surface area contributed by atoms with Crippen molar-refractivity contribution in [2.75, 3.05) is 6.61 Å². The van der Waals surface area contributed by atoms with Crippen molar-refractivity contribution < 1.29 is 9.15 Å². The van der Waals surface area contributed by atoms with Gasteiger partial charge >= 0.3 is 0 Å². The Morgan fingerprint density at radius 3 is 2.93 bits per heavy atom. The smallest absolute Gasteiger partial charge is 0.193 e. The van der Waals surface area contributed by atoms with Crippen LogP contribution < -0.4 is 5.32 Å². The summed E-state index contributed by atoms with van der Waals surface area (Å²) in [5.74, 6) is 0.861. The van der Waals surface area contributed by atoms with E-state index in [1.165, 1.54) is 0 Å². The SMILES string of the molecule is CC1OCCC1(C)NCc1ccc(Cl)o1. The van der Waals surface area contributed by atoms with Crippen molar-refractivity contribution in [3.05, 3.63) is 23.1 Å². The van der Waals surface area contributed by atoms with E-state index in [9.17, 15) is 0 Å². The van der Waals surface area contributed by atoms with Gasteiger partial charge in [-0.1, -0.05) is 0 Å². The van der Waals surface area contributed by atoms with Gasteiger partial charge in [-0.25, -0.2) is 0 Å². The van der Waals surface area contributed by atoms with Crippen molar-refractivity contribution in [3.8, 4) is 0 Å². The fourth-order valence-electron chi connectivity index (χ4n) is 1.80. The number of halogens is 1. The number of nitrogens with one attached hydrogen (secondary N) is 1. The third kappa shape index (κ3) is 2.36. The summed E-state index contributed by atoms with van der Waals surface area (Å²) in [6.07, 6.45) is 1.27. The molecule has 3 nitrogen and oxygen atoms in total. The number of furan rings is 1. The predicted octanol–water partition coefficient (Wildman–Crippen LogP) is 2.59. The summed E-state index contributed by atoms with van der Waals surface area (Å²) in [6, 6.07) is 3.65. The molecule has 2 unspecified atom stereocenters. The van der Waals surface area contributed by atoms with E-state index in [-0.39, 0.29) is 11.6 Å². The Balaban J connectivity index is 1.92. The zero-order valence-electron chi connectivity index (χ0n) is 9.05. The van der Waals surface area contributed by atoms with Crippen molar-refractivity contribution in [2.45, 2.75) is 38.5 Å². The van der Waals surface area contributed by atoms with Crippen LogP contribution in [-0.4, -0.2) is 18.2 Å². The van der Waals surface area contributed by atoms with Crippen LogP contribution in [0.25, 0.3) is 0 Å². The molecule has 0 aliphatic carbocycles. The first-order valence-corrected chi connectivity index (χ1v) is 5.59. The fourth-order valence-corrected chi connectivity index (χ4v) is 1.96. The van der Waals surface area contributed by atoms with Crippen molar-refractivity contribution in [2.24, 2.45) is 0 Å². The second-order valence-corrected chi connectivity index (χ2v) is 4.61. The number of hydrogen-bond donors (Lipinski definition) is 1. The van der Waals surface area contributed by atoms with Gasteiger partial charge in [0.05, 0.1) is 12.6 Å². The highest BCUT2D eigenvalue weighted by atomic mass is 35.5. The molecule has 2 heterocycles. The van der Waals surface area contributed by atoms with Crippen LogP contribution in [0.1, 0.15) is 26.0 Å². The Bertz CT molecular complexity index is 339. The van der Waals surface area contributed by atoms with Crippen molar-refractivity contribution >= 4 is 11.6 Å². The molecule has 0 spiro atoms. The maximum atomic E-state index is 5.70. The molecule has 0 radical (unpaired) electrons. The molecule has 0 bridgehead atoms. The number of rotatable bonds is 3. The first kappa shape index (κ1) is 11.0. The van der Waals surface area contributed by atoms with Crippen LogP contribution in [-0.2, 0) is 11.3 Å². The van der Waals surface area contributed by atoms with E-state index in [2.05, 4.69) is 19.2 Å². The van der Waals surface area contributed by atoms with Crippen molar-refractivity contribution in [3.63, 3.8) is 0 Å². The van der Waals surface area contributed by atoms with Gasteiger partial charge in [0.2, 0.25) is 0 Å². The minimum absolute atomic E-state index is 0.0409. The maximum absolute atomic E-state index is 5.70. The first-order valence-electron chi connectivity index (χ1n) is 5.21. The molecule has 1 fully saturated rings. The zero-order chi connectivity index (χ0) is 10.9. The molecule has 1 aromatic heterocycles. The highest BCUT2D eigenvalue weighted by Gasteiger charge is 2.36. The van der Waals surface area contributed by atoms with E-state index in [0.717, 1.165) is 18.8 Å². The minimum atomic E-state index is 0.0409. The second kappa shape index (κ2) is 4.16. The van der Waals surface area contributed by atoms with Gasteiger partial charge in [-0.15, -0.1) is 0 Å². The van der Waals surface area contributed by atoms with Crippen LogP contribution in [0.15, 0.2) is 16.5 Å². The summed E-state index contributed by atoms with van der Waals surface area (Å²) in [4.78, 5) is 0. The van der Waals surface area contributed by atoms with Gasteiger partial charge < -0.3 is 14.5 Å². The topological polar surface area (TPSA) is 34.4 Å². The van der Waals surface area contributed by atoms with Gasteiger partial charge in [-0.2, -0.15) is 0 Å². The Kier molecular flexibility index (Phi) is 3.05. The average Bonchev–Trinajstić information content (AvgIpc) is 2.73. The minimum Gasteiger partial charge on any atom is -0.448 e. The molecule has 1 aromatic rings. The molecule has 0 aromatic carbocycles. The van der Waals surface area contributed by atoms with E-state index in [0.29, 0.717) is 11.8 Å². The summed E-state index contributed by atoms with van der Waals surface area (Å²) in [5.41, 5.74) is 0.0409. The Labute approximate surface area is 94.7 Å². The van der Waals surface area contributed by atoms with E-state index < -0.39 is 0 Å². The highest BCUT2D eigenvalue weighted by Crippen LogP contribution is 2.25.